The second kappa shape index (κ2) is 3.71. The van der Waals surface area contributed by atoms with Gasteiger partial charge in [-0.25, -0.2) is 9.59 Å². The van der Waals surface area contributed by atoms with Crippen molar-refractivity contribution in [2.24, 2.45) is 0 Å². The van der Waals surface area contributed by atoms with E-state index in [-0.39, 0.29) is 11.1 Å². The Morgan fingerprint density at radius 2 is 2.23 bits per heavy atom. The standard InChI is InChI=1S/C9H7O4/c1-13-9(12)7-4-2-3-6(5-7)8(10)11/h2,4-5H,1H3,(H,10,11). The summed E-state index contributed by atoms with van der Waals surface area (Å²) in [5, 5.41) is 8.58. The zero-order valence-electron chi connectivity index (χ0n) is 6.90. The van der Waals surface area contributed by atoms with Crippen LogP contribution in [0.4, 0.5) is 0 Å². The summed E-state index contributed by atoms with van der Waals surface area (Å²) in [5.74, 6) is -1.68. The fourth-order valence-corrected chi connectivity index (χ4v) is 0.835. The number of carbonyl (C=O) groups is 2. The highest BCUT2D eigenvalue weighted by Crippen LogP contribution is 2.05. The first-order chi connectivity index (χ1) is 6.15. The molecular formula is C9H7O4. The molecule has 0 saturated heterocycles. The first-order valence-corrected chi connectivity index (χ1v) is 3.48. The minimum Gasteiger partial charge on any atom is -0.478 e. The van der Waals surface area contributed by atoms with E-state index in [0.29, 0.717) is 0 Å². The predicted octanol–water partition coefficient (Wildman–Crippen LogP) is 0.972. The molecule has 0 amide bonds. The fraction of sp³-hybridized carbons (Fsp3) is 0.111. The molecule has 67 valence electrons. The third-order valence-electron chi connectivity index (χ3n) is 1.45. The van der Waals surface area contributed by atoms with Crippen LogP contribution in [0.25, 0.3) is 0 Å². The number of carboxylic acids is 1. The lowest BCUT2D eigenvalue weighted by Gasteiger charge is -1.99. The van der Waals surface area contributed by atoms with E-state index in [1.807, 2.05) is 0 Å². The number of carbonyl (C=O) groups excluding carboxylic acids is 1. The van der Waals surface area contributed by atoms with E-state index in [2.05, 4.69) is 10.8 Å². The van der Waals surface area contributed by atoms with Crippen molar-refractivity contribution in [2.45, 2.75) is 0 Å². The molecule has 0 unspecified atom stereocenters. The second-order valence-electron chi connectivity index (χ2n) is 2.29. The van der Waals surface area contributed by atoms with Crippen LogP contribution in [0.15, 0.2) is 18.2 Å². The van der Waals surface area contributed by atoms with Crippen LogP contribution >= 0.6 is 0 Å². The van der Waals surface area contributed by atoms with E-state index in [4.69, 9.17) is 5.11 Å². The Morgan fingerprint density at radius 1 is 1.54 bits per heavy atom. The molecule has 0 aliphatic rings. The molecule has 0 aliphatic carbocycles. The molecule has 1 rings (SSSR count). The lowest BCUT2D eigenvalue weighted by molar-refractivity contribution is 0.0600. The van der Waals surface area contributed by atoms with Crippen LogP contribution in [0.3, 0.4) is 0 Å². The molecule has 1 radical (unpaired) electrons. The molecule has 4 nitrogen and oxygen atoms in total. The average Bonchev–Trinajstić information content (AvgIpc) is 2.17. The maximum Gasteiger partial charge on any atom is 0.337 e. The summed E-state index contributed by atoms with van der Waals surface area (Å²) in [6.45, 7) is 0. The number of benzene rings is 1. The second-order valence-corrected chi connectivity index (χ2v) is 2.29. The molecular weight excluding hydrogens is 172 g/mol. The first-order valence-electron chi connectivity index (χ1n) is 3.48. The van der Waals surface area contributed by atoms with Gasteiger partial charge in [0, 0.05) is 0 Å². The number of aromatic carboxylic acids is 1. The molecule has 1 aromatic carbocycles. The van der Waals surface area contributed by atoms with Crippen LogP contribution < -0.4 is 0 Å². The highest BCUT2D eigenvalue weighted by Gasteiger charge is 2.08. The van der Waals surface area contributed by atoms with E-state index in [9.17, 15) is 9.59 Å². The topological polar surface area (TPSA) is 63.6 Å². The summed E-state index contributed by atoms with van der Waals surface area (Å²) in [4.78, 5) is 21.4. The number of hydrogen-bond donors (Lipinski definition) is 1. The Labute approximate surface area is 74.8 Å². The molecule has 0 aliphatic heterocycles. The van der Waals surface area contributed by atoms with E-state index in [0.717, 1.165) is 0 Å². The largest absolute Gasteiger partial charge is 0.478 e. The maximum absolute atomic E-state index is 11.0. The SMILES string of the molecule is COC(=O)c1cc[c]c(C(=O)O)c1. The van der Waals surface area contributed by atoms with Crippen LogP contribution in [-0.4, -0.2) is 24.2 Å². The quantitative estimate of drug-likeness (QED) is 0.687. The smallest absolute Gasteiger partial charge is 0.337 e. The predicted molar refractivity (Wildman–Crippen MR) is 43.6 cm³/mol. The van der Waals surface area contributed by atoms with Crippen LogP contribution in [0.5, 0.6) is 0 Å². The summed E-state index contributed by atoms with van der Waals surface area (Å²) in [6, 6.07) is 6.51. The Hall–Kier alpha value is -1.84. The van der Waals surface area contributed by atoms with Gasteiger partial charge in [0.25, 0.3) is 0 Å². The summed E-state index contributed by atoms with van der Waals surface area (Å²) < 4.78 is 4.43. The van der Waals surface area contributed by atoms with Crippen LogP contribution in [0, 0.1) is 6.07 Å². The van der Waals surface area contributed by atoms with Crippen molar-refractivity contribution in [3.63, 3.8) is 0 Å². The lowest BCUT2D eigenvalue weighted by atomic mass is 10.1. The molecule has 13 heavy (non-hydrogen) atoms. The normalized spacial score (nSPS) is 9.31. The lowest BCUT2D eigenvalue weighted by Crippen LogP contribution is -2.04. The van der Waals surface area contributed by atoms with Gasteiger partial charge in [-0.3, -0.25) is 0 Å². The van der Waals surface area contributed by atoms with Crippen molar-refractivity contribution >= 4 is 11.9 Å². The summed E-state index contributed by atoms with van der Waals surface area (Å²) in [5.41, 5.74) is 0.154. The number of carboxylic acid groups (broad SMARTS) is 1. The molecule has 0 saturated carbocycles. The number of ether oxygens (including phenoxy) is 1. The third-order valence-corrected chi connectivity index (χ3v) is 1.45. The van der Waals surface area contributed by atoms with Crippen molar-refractivity contribution in [1.29, 1.82) is 0 Å². The van der Waals surface area contributed by atoms with Crippen LogP contribution in [0.1, 0.15) is 20.7 Å². The fourth-order valence-electron chi connectivity index (χ4n) is 0.835. The molecule has 0 aromatic heterocycles. The minimum atomic E-state index is -1.12. The Bertz CT molecular complexity index is 343. The molecule has 0 heterocycles. The highest BCUT2D eigenvalue weighted by atomic mass is 16.5. The summed E-state index contributed by atoms with van der Waals surface area (Å²) in [6.07, 6.45) is 0. The number of esters is 1. The first kappa shape index (κ1) is 9.25. The van der Waals surface area contributed by atoms with Gasteiger partial charge in [0.05, 0.1) is 18.2 Å². The molecule has 0 fully saturated rings. The molecule has 0 spiro atoms. The Morgan fingerprint density at radius 3 is 2.77 bits per heavy atom. The molecule has 0 bridgehead atoms. The average molecular weight is 179 g/mol. The van der Waals surface area contributed by atoms with Gasteiger partial charge >= 0.3 is 11.9 Å². The summed E-state index contributed by atoms with van der Waals surface area (Å²) >= 11 is 0. The van der Waals surface area contributed by atoms with Crippen molar-refractivity contribution in [3.05, 3.63) is 35.4 Å². The Kier molecular flexibility index (Phi) is 2.64. The number of hydrogen-bond acceptors (Lipinski definition) is 3. The highest BCUT2D eigenvalue weighted by molar-refractivity contribution is 5.94. The van der Waals surface area contributed by atoms with Gasteiger partial charge in [0.15, 0.2) is 0 Å². The van der Waals surface area contributed by atoms with Crippen LogP contribution in [-0.2, 0) is 4.74 Å². The van der Waals surface area contributed by atoms with E-state index in [1.165, 1.54) is 25.3 Å². The molecule has 1 aromatic rings. The summed E-state index contributed by atoms with van der Waals surface area (Å²) in [7, 11) is 1.24. The van der Waals surface area contributed by atoms with Crippen LogP contribution in [0.2, 0.25) is 0 Å². The van der Waals surface area contributed by atoms with Crippen molar-refractivity contribution in [2.75, 3.05) is 7.11 Å². The third kappa shape index (κ3) is 2.05. The van der Waals surface area contributed by atoms with Gasteiger partial charge in [-0.2, -0.15) is 0 Å². The molecule has 0 atom stereocenters. The van der Waals surface area contributed by atoms with Gasteiger partial charge in [-0.1, -0.05) is 6.07 Å². The zero-order chi connectivity index (χ0) is 9.84. The van der Waals surface area contributed by atoms with Crippen molar-refractivity contribution in [3.8, 4) is 0 Å². The van der Waals surface area contributed by atoms with Gasteiger partial charge in [0.2, 0.25) is 0 Å². The van der Waals surface area contributed by atoms with E-state index in [1.54, 1.807) is 0 Å². The molecule has 4 heteroatoms. The van der Waals surface area contributed by atoms with Gasteiger partial charge in [0.1, 0.15) is 0 Å². The van der Waals surface area contributed by atoms with E-state index >= 15 is 0 Å². The van der Waals surface area contributed by atoms with Gasteiger partial charge < -0.3 is 9.84 Å². The zero-order valence-corrected chi connectivity index (χ0v) is 6.90. The van der Waals surface area contributed by atoms with Gasteiger partial charge in [-0.05, 0) is 18.2 Å². The molecule has 1 N–H and O–H groups in total. The maximum atomic E-state index is 11.0. The van der Waals surface area contributed by atoms with Crippen molar-refractivity contribution < 1.29 is 19.4 Å². The monoisotopic (exact) mass is 179 g/mol. The van der Waals surface area contributed by atoms with E-state index < -0.39 is 11.9 Å². The van der Waals surface area contributed by atoms with Gasteiger partial charge in [-0.15, -0.1) is 0 Å². The van der Waals surface area contributed by atoms with Crippen molar-refractivity contribution in [1.82, 2.24) is 0 Å². The number of methoxy groups -OCH3 is 1. The Balaban J connectivity index is 3.05. The minimum absolute atomic E-state index is 0.0529. The number of rotatable bonds is 2.